The third-order valence-electron chi connectivity index (χ3n) is 3.73. The van der Waals surface area contributed by atoms with Crippen LogP contribution in [0.15, 0.2) is 36.8 Å². The lowest BCUT2D eigenvalue weighted by Gasteiger charge is -2.29. The van der Waals surface area contributed by atoms with Gasteiger partial charge in [0.05, 0.1) is 0 Å². The normalized spacial score (nSPS) is 14.2. The number of hydrogen-bond acceptors (Lipinski definition) is 7. The number of nitrogens with zero attached hydrogens (tertiary/aromatic N) is 5. The molecule has 0 saturated heterocycles. The molecule has 138 valence electrons. The molecule has 0 radical (unpaired) electrons. The maximum absolute atomic E-state index is 13.4. The van der Waals surface area contributed by atoms with Gasteiger partial charge in [-0.15, -0.1) is 10.2 Å². The minimum Gasteiger partial charge on any atom is -0.374 e. The molecule has 7 nitrogen and oxygen atoms in total. The van der Waals surface area contributed by atoms with Crippen LogP contribution in [-0.4, -0.2) is 42.6 Å². The van der Waals surface area contributed by atoms with Gasteiger partial charge in [-0.05, 0) is 12.1 Å². The van der Waals surface area contributed by atoms with Gasteiger partial charge in [-0.1, -0.05) is 17.4 Å². The number of anilines is 1. The largest absolute Gasteiger partial charge is 0.424 e. The van der Waals surface area contributed by atoms with Crippen LogP contribution in [0.3, 0.4) is 0 Å². The topological polar surface area (TPSA) is 88.8 Å². The first-order valence-corrected chi connectivity index (χ1v) is 8.38. The highest BCUT2D eigenvalue weighted by molar-refractivity contribution is 7.18. The van der Waals surface area contributed by atoms with E-state index in [1.54, 1.807) is 24.4 Å². The molecule has 0 saturated carbocycles. The molecular formula is C15H15F3N6OS. The van der Waals surface area contributed by atoms with Crippen LogP contribution < -0.4 is 5.32 Å². The lowest BCUT2D eigenvalue weighted by Crippen LogP contribution is -2.45. The SMILES string of the molecule is Cn1ccnc1C(O)(CCNc1nnc(-c2ccccn2)s1)C(F)(F)F. The fourth-order valence-electron chi connectivity index (χ4n) is 2.38. The van der Waals surface area contributed by atoms with Crippen LogP contribution in [0, 0.1) is 0 Å². The second kappa shape index (κ2) is 7.00. The Labute approximate surface area is 150 Å². The van der Waals surface area contributed by atoms with Gasteiger partial charge in [0.25, 0.3) is 0 Å². The second-order valence-electron chi connectivity index (χ2n) is 5.52. The predicted octanol–water partition coefficient (Wildman–Crippen LogP) is 2.59. The maximum atomic E-state index is 13.4. The zero-order valence-corrected chi connectivity index (χ0v) is 14.4. The van der Waals surface area contributed by atoms with Crippen LogP contribution in [0.5, 0.6) is 0 Å². The van der Waals surface area contributed by atoms with E-state index in [0.717, 1.165) is 4.57 Å². The number of aromatic nitrogens is 5. The van der Waals surface area contributed by atoms with Crippen LogP contribution in [0.25, 0.3) is 10.7 Å². The van der Waals surface area contributed by atoms with Crippen molar-refractivity contribution in [1.29, 1.82) is 0 Å². The van der Waals surface area contributed by atoms with Gasteiger partial charge in [0.1, 0.15) is 11.5 Å². The smallest absolute Gasteiger partial charge is 0.374 e. The van der Waals surface area contributed by atoms with Crippen LogP contribution in [-0.2, 0) is 12.6 Å². The number of hydrogen-bond donors (Lipinski definition) is 2. The van der Waals surface area contributed by atoms with Crippen molar-refractivity contribution in [3.05, 3.63) is 42.6 Å². The minimum atomic E-state index is -4.87. The Balaban J connectivity index is 1.70. The molecule has 0 aliphatic heterocycles. The molecule has 0 bridgehead atoms. The van der Waals surface area contributed by atoms with Crippen molar-refractivity contribution < 1.29 is 18.3 Å². The molecule has 0 fully saturated rings. The molecule has 0 amide bonds. The molecule has 3 heterocycles. The number of rotatable bonds is 6. The van der Waals surface area contributed by atoms with E-state index >= 15 is 0 Å². The number of halogens is 3. The van der Waals surface area contributed by atoms with Gasteiger partial charge < -0.3 is 15.0 Å². The van der Waals surface area contributed by atoms with Gasteiger partial charge in [-0.3, -0.25) is 4.98 Å². The fourth-order valence-corrected chi connectivity index (χ4v) is 3.13. The van der Waals surface area contributed by atoms with Gasteiger partial charge in [0.15, 0.2) is 5.01 Å². The molecule has 0 aromatic carbocycles. The molecule has 26 heavy (non-hydrogen) atoms. The van der Waals surface area contributed by atoms with Crippen molar-refractivity contribution in [1.82, 2.24) is 24.7 Å². The maximum Gasteiger partial charge on any atom is 0.424 e. The van der Waals surface area contributed by atoms with Gasteiger partial charge in [0.2, 0.25) is 10.7 Å². The Kier molecular flexibility index (Phi) is 4.92. The first-order valence-electron chi connectivity index (χ1n) is 7.57. The highest BCUT2D eigenvalue weighted by Gasteiger charge is 2.57. The van der Waals surface area contributed by atoms with E-state index in [1.807, 2.05) is 0 Å². The Morgan fingerprint density at radius 1 is 1.19 bits per heavy atom. The molecular weight excluding hydrogens is 369 g/mol. The summed E-state index contributed by atoms with van der Waals surface area (Å²) in [5.74, 6) is -0.460. The Morgan fingerprint density at radius 2 is 2.00 bits per heavy atom. The Hall–Kier alpha value is -2.53. The van der Waals surface area contributed by atoms with E-state index in [4.69, 9.17) is 0 Å². The summed E-state index contributed by atoms with van der Waals surface area (Å²) in [6.07, 6.45) is -1.32. The molecule has 0 aliphatic carbocycles. The summed E-state index contributed by atoms with van der Waals surface area (Å²) in [5.41, 5.74) is -2.44. The second-order valence-corrected chi connectivity index (χ2v) is 6.50. The van der Waals surface area contributed by atoms with E-state index in [-0.39, 0.29) is 6.54 Å². The highest BCUT2D eigenvalue weighted by atomic mass is 32.1. The first-order chi connectivity index (χ1) is 12.3. The van der Waals surface area contributed by atoms with Gasteiger partial charge >= 0.3 is 6.18 Å². The summed E-state index contributed by atoms with van der Waals surface area (Å²) in [7, 11) is 1.40. The summed E-state index contributed by atoms with van der Waals surface area (Å²) in [6.45, 7) is -0.167. The average Bonchev–Trinajstić information content (AvgIpc) is 3.24. The zero-order valence-electron chi connectivity index (χ0n) is 13.6. The molecule has 0 spiro atoms. The minimum absolute atomic E-state index is 0.167. The molecule has 3 rings (SSSR count). The quantitative estimate of drug-likeness (QED) is 0.679. The Bertz CT molecular complexity index is 866. The molecule has 2 N–H and O–H groups in total. The number of aliphatic hydroxyl groups is 1. The van der Waals surface area contributed by atoms with Crippen molar-refractivity contribution in [2.45, 2.75) is 18.2 Å². The fraction of sp³-hybridized carbons (Fsp3) is 0.333. The van der Waals surface area contributed by atoms with E-state index in [9.17, 15) is 18.3 Å². The third-order valence-corrected chi connectivity index (χ3v) is 4.64. The van der Waals surface area contributed by atoms with Crippen LogP contribution in [0.1, 0.15) is 12.2 Å². The summed E-state index contributed by atoms with van der Waals surface area (Å²) >= 11 is 1.17. The molecule has 0 aliphatic rings. The summed E-state index contributed by atoms with van der Waals surface area (Å²) in [4.78, 5) is 7.79. The lowest BCUT2D eigenvalue weighted by atomic mass is 9.98. The number of aryl methyl sites for hydroxylation is 1. The van der Waals surface area contributed by atoms with Gasteiger partial charge in [-0.2, -0.15) is 13.2 Å². The number of imidazole rings is 1. The first kappa shape index (κ1) is 18.3. The zero-order chi connectivity index (χ0) is 18.8. The van der Waals surface area contributed by atoms with Crippen molar-refractivity contribution in [3.8, 4) is 10.7 Å². The van der Waals surface area contributed by atoms with E-state index in [2.05, 4.69) is 25.5 Å². The highest BCUT2D eigenvalue weighted by Crippen LogP contribution is 2.40. The monoisotopic (exact) mass is 384 g/mol. The van der Waals surface area contributed by atoms with Gasteiger partial charge in [0, 0.05) is 38.6 Å². The summed E-state index contributed by atoms with van der Waals surface area (Å²) in [5, 5.41) is 21.8. The predicted molar refractivity (Wildman–Crippen MR) is 89.4 cm³/mol. The van der Waals surface area contributed by atoms with E-state index in [1.165, 1.54) is 30.8 Å². The van der Waals surface area contributed by atoms with Crippen molar-refractivity contribution in [2.75, 3.05) is 11.9 Å². The molecule has 1 unspecified atom stereocenters. The Morgan fingerprint density at radius 3 is 2.62 bits per heavy atom. The van der Waals surface area contributed by atoms with Gasteiger partial charge in [-0.25, -0.2) is 4.98 Å². The standard InChI is InChI=1S/C15H15F3N6OS/c1-24-9-8-20-12(24)14(25,15(16,17)18)5-7-21-13-23-22-11(26-13)10-4-2-3-6-19-10/h2-4,6,8-9,25H,5,7H2,1H3,(H,21,23). The lowest BCUT2D eigenvalue weighted by molar-refractivity contribution is -0.271. The van der Waals surface area contributed by atoms with Crippen LogP contribution in [0.2, 0.25) is 0 Å². The summed E-state index contributed by atoms with van der Waals surface area (Å²) in [6, 6.07) is 5.32. The van der Waals surface area contributed by atoms with E-state index in [0.29, 0.717) is 15.8 Å². The average molecular weight is 384 g/mol. The molecule has 1 atom stereocenters. The molecule has 3 aromatic heterocycles. The molecule has 11 heteroatoms. The van der Waals surface area contributed by atoms with Crippen molar-refractivity contribution in [2.24, 2.45) is 7.05 Å². The van der Waals surface area contributed by atoms with Crippen LogP contribution >= 0.6 is 11.3 Å². The van der Waals surface area contributed by atoms with Crippen molar-refractivity contribution in [3.63, 3.8) is 0 Å². The number of pyridine rings is 1. The number of alkyl halides is 3. The number of nitrogens with one attached hydrogen (secondary N) is 1. The third kappa shape index (κ3) is 3.53. The molecule has 3 aromatic rings. The van der Waals surface area contributed by atoms with Crippen molar-refractivity contribution >= 4 is 16.5 Å². The van der Waals surface area contributed by atoms with Crippen LogP contribution in [0.4, 0.5) is 18.3 Å². The summed E-state index contributed by atoms with van der Waals surface area (Å²) < 4.78 is 41.5. The van der Waals surface area contributed by atoms with E-state index < -0.39 is 24.0 Å².